The number of hydrogen-bond acceptors (Lipinski definition) is 6. The minimum Gasteiger partial charge on any atom is -0.463 e. The highest BCUT2D eigenvalue weighted by Gasteiger charge is 2.54. The van der Waals surface area contributed by atoms with Gasteiger partial charge in [0.05, 0.1) is 12.3 Å². The molecule has 1 aliphatic heterocycles. The lowest BCUT2D eigenvalue weighted by Gasteiger charge is -2.29. The number of rotatable bonds is 5. The first-order valence-corrected chi connectivity index (χ1v) is 6.48. The molecule has 20 heavy (non-hydrogen) atoms. The number of nitrogens with zero attached hydrogens (tertiary/aromatic N) is 1. The van der Waals surface area contributed by atoms with Crippen molar-refractivity contribution in [2.45, 2.75) is 25.0 Å². The summed E-state index contributed by atoms with van der Waals surface area (Å²) in [5, 5.41) is 14.3. The van der Waals surface area contributed by atoms with E-state index in [0.29, 0.717) is 11.3 Å². The molecule has 0 aliphatic carbocycles. The van der Waals surface area contributed by atoms with Crippen LogP contribution in [0.3, 0.4) is 0 Å². The largest absolute Gasteiger partial charge is 0.463 e. The summed E-state index contributed by atoms with van der Waals surface area (Å²) in [5.74, 6) is -0.636. The van der Waals surface area contributed by atoms with Gasteiger partial charge >= 0.3 is 5.97 Å². The highest BCUT2D eigenvalue weighted by Crippen LogP contribution is 2.37. The van der Waals surface area contributed by atoms with E-state index in [1.165, 1.54) is 0 Å². The fourth-order valence-corrected chi connectivity index (χ4v) is 2.15. The highest BCUT2D eigenvalue weighted by atomic mass is 16.7. The average molecular weight is 278 g/mol. The number of carbonyl (C=O) groups excluding carboxylic acids is 1. The Balaban J connectivity index is 2.31. The summed E-state index contributed by atoms with van der Waals surface area (Å²) in [4.78, 5) is 17.5. The molecule has 0 saturated heterocycles. The van der Waals surface area contributed by atoms with Gasteiger partial charge in [0.25, 0.3) is 5.60 Å². The van der Waals surface area contributed by atoms with E-state index in [-0.39, 0.29) is 19.6 Å². The van der Waals surface area contributed by atoms with Crippen molar-refractivity contribution in [3.8, 4) is 0 Å². The van der Waals surface area contributed by atoms with Gasteiger partial charge in [-0.1, -0.05) is 35.5 Å². The summed E-state index contributed by atoms with van der Waals surface area (Å²) in [6.45, 7) is 2.06. The van der Waals surface area contributed by atoms with Crippen LogP contribution in [-0.4, -0.2) is 35.5 Å². The lowest BCUT2D eigenvalue weighted by atomic mass is 9.86. The van der Waals surface area contributed by atoms with E-state index in [2.05, 4.69) is 5.16 Å². The molecule has 0 amide bonds. The van der Waals surface area contributed by atoms with E-state index in [4.69, 9.17) is 15.3 Å². The molecule has 0 fully saturated rings. The number of hydrogen-bond donors (Lipinski definition) is 2. The third-order valence-electron chi connectivity index (χ3n) is 3.22. The van der Waals surface area contributed by atoms with Gasteiger partial charge < -0.3 is 20.4 Å². The minimum absolute atomic E-state index is 0.123. The second kappa shape index (κ2) is 6.02. The Hall–Kier alpha value is -1.92. The lowest BCUT2D eigenvalue weighted by molar-refractivity contribution is -0.184. The molecule has 1 aliphatic rings. The number of aliphatic hydroxyl groups excluding tert-OH is 1. The molecule has 0 saturated carbocycles. The first-order valence-electron chi connectivity index (χ1n) is 6.48. The molecule has 6 heteroatoms. The van der Waals surface area contributed by atoms with Crippen LogP contribution in [0.25, 0.3) is 0 Å². The zero-order valence-electron chi connectivity index (χ0n) is 11.3. The molecule has 1 heterocycles. The summed E-state index contributed by atoms with van der Waals surface area (Å²) < 4.78 is 5.03. The average Bonchev–Trinajstić information content (AvgIpc) is 2.93. The normalized spacial score (nSPS) is 22.9. The second-order valence-electron chi connectivity index (χ2n) is 4.55. The van der Waals surface area contributed by atoms with Crippen LogP contribution in [-0.2, 0) is 14.4 Å². The molecule has 6 nitrogen and oxygen atoms in total. The summed E-state index contributed by atoms with van der Waals surface area (Å²) in [7, 11) is 0. The number of ether oxygens (including phenoxy) is 1. The summed E-state index contributed by atoms with van der Waals surface area (Å²) in [6.07, 6.45) is -1.05. The van der Waals surface area contributed by atoms with Crippen molar-refractivity contribution >= 4 is 11.7 Å². The van der Waals surface area contributed by atoms with E-state index in [1.807, 2.05) is 6.07 Å². The molecule has 2 unspecified atom stereocenters. The van der Waals surface area contributed by atoms with Gasteiger partial charge in [-0.3, -0.25) is 0 Å². The van der Waals surface area contributed by atoms with Gasteiger partial charge in [0.15, 0.2) is 0 Å². The van der Waals surface area contributed by atoms with Crippen LogP contribution >= 0.6 is 0 Å². The van der Waals surface area contributed by atoms with Crippen LogP contribution in [0.1, 0.15) is 25.0 Å². The zero-order valence-corrected chi connectivity index (χ0v) is 11.3. The molecule has 1 aromatic rings. The fourth-order valence-electron chi connectivity index (χ4n) is 2.15. The van der Waals surface area contributed by atoms with Crippen molar-refractivity contribution in [3.63, 3.8) is 0 Å². The summed E-state index contributed by atoms with van der Waals surface area (Å²) in [6, 6.07) is 8.81. The zero-order chi connectivity index (χ0) is 14.6. The SMILES string of the molecule is CCOC(=O)C1(C(O)c2ccccc2)CC(CN)=NO1. The van der Waals surface area contributed by atoms with Gasteiger partial charge in [-0.25, -0.2) is 4.79 Å². The highest BCUT2D eigenvalue weighted by molar-refractivity contribution is 5.95. The topological polar surface area (TPSA) is 94.1 Å². The molecule has 0 aromatic heterocycles. The molecule has 0 bridgehead atoms. The van der Waals surface area contributed by atoms with Crippen molar-refractivity contribution in [2.75, 3.05) is 13.2 Å². The standard InChI is InChI=1S/C14H18N2O4/c1-2-19-13(18)14(8-11(9-15)16-20-14)12(17)10-6-4-3-5-7-10/h3-7,12,17H,2,8-9,15H2,1H3. The monoisotopic (exact) mass is 278 g/mol. The van der Waals surface area contributed by atoms with Crippen molar-refractivity contribution in [1.29, 1.82) is 0 Å². The van der Waals surface area contributed by atoms with Crippen LogP contribution in [0.5, 0.6) is 0 Å². The van der Waals surface area contributed by atoms with Gasteiger partial charge in [0.1, 0.15) is 6.10 Å². The van der Waals surface area contributed by atoms with Crippen molar-refractivity contribution in [1.82, 2.24) is 0 Å². The van der Waals surface area contributed by atoms with Crippen molar-refractivity contribution < 1.29 is 19.5 Å². The molecule has 1 aromatic carbocycles. The Morgan fingerprint density at radius 2 is 2.25 bits per heavy atom. The molecule has 108 valence electrons. The van der Waals surface area contributed by atoms with Gasteiger partial charge in [-0.05, 0) is 12.5 Å². The second-order valence-corrected chi connectivity index (χ2v) is 4.55. The quantitative estimate of drug-likeness (QED) is 0.775. The fraction of sp³-hybridized carbons (Fsp3) is 0.429. The Kier molecular flexibility index (Phi) is 4.36. The first-order chi connectivity index (χ1) is 9.64. The van der Waals surface area contributed by atoms with E-state index in [0.717, 1.165) is 0 Å². The number of esters is 1. The maximum Gasteiger partial charge on any atom is 0.356 e. The maximum atomic E-state index is 12.2. The van der Waals surface area contributed by atoms with Gasteiger partial charge in [0.2, 0.25) is 0 Å². The molecular formula is C14H18N2O4. The molecule has 2 atom stereocenters. The van der Waals surface area contributed by atoms with E-state index < -0.39 is 17.7 Å². The third kappa shape index (κ3) is 2.52. The first kappa shape index (κ1) is 14.5. The Labute approximate surface area is 117 Å². The number of aliphatic hydroxyl groups is 1. The number of carbonyl (C=O) groups is 1. The third-order valence-corrected chi connectivity index (χ3v) is 3.22. The molecule has 0 spiro atoms. The Bertz CT molecular complexity index is 503. The van der Waals surface area contributed by atoms with Gasteiger partial charge in [-0.2, -0.15) is 0 Å². The molecule has 2 rings (SSSR count). The van der Waals surface area contributed by atoms with E-state index >= 15 is 0 Å². The van der Waals surface area contributed by atoms with Crippen LogP contribution in [0, 0.1) is 0 Å². The molecule has 0 radical (unpaired) electrons. The Morgan fingerprint density at radius 3 is 2.80 bits per heavy atom. The summed E-state index contributed by atoms with van der Waals surface area (Å²) in [5.41, 5.74) is 5.06. The number of benzene rings is 1. The predicted octanol–water partition coefficient (Wildman–Crippen LogP) is 0.757. The van der Waals surface area contributed by atoms with Crippen LogP contribution in [0.2, 0.25) is 0 Å². The van der Waals surface area contributed by atoms with Crippen LogP contribution in [0.15, 0.2) is 35.5 Å². The lowest BCUT2D eigenvalue weighted by Crippen LogP contribution is -2.46. The van der Waals surface area contributed by atoms with Crippen molar-refractivity contribution in [2.24, 2.45) is 10.9 Å². The van der Waals surface area contributed by atoms with Crippen LogP contribution in [0.4, 0.5) is 0 Å². The number of nitrogens with two attached hydrogens (primary N) is 1. The molecule has 3 N–H and O–H groups in total. The van der Waals surface area contributed by atoms with Crippen molar-refractivity contribution in [3.05, 3.63) is 35.9 Å². The number of oxime groups is 1. The van der Waals surface area contributed by atoms with Gasteiger partial charge in [0, 0.05) is 13.0 Å². The smallest absolute Gasteiger partial charge is 0.356 e. The minimum atomic E-state index is -1.55. The van der Waals surface area contributed by atoms with E-state index in [1.54, 1.807) is 31.2 Å². The predicted molar refractivity (Wildman–Crippen MR) is 73.0 cm³/mol. The van der Waals surface area contributed by atoms with E-state index in [9.17, 15) is 9.90 Å². The molecular weight excluding hydrogens is 260 g/mol. The van der Waals surface area contributed by atoms with Crippen LogP contribution < -0.4 is 5.73 Å². The summed E-state index contributed by atoms with van der Waals surface area (Å²) >= 11 is 0. The van der Waals surface area contributed by atoms with Gasteiger partial charge in [-0.15, -0.1) is 0 Å². The maximum absolute atomic E-state index is 12.2. The Morgan fingerprint density at radius 1 is 1.55 bits per heavy atom.